The fraction of sp³-hybridized carbons (Fsp3) is 0.364. The number of ether oxygens (including phenoxy) is 4. The van der Waals surface area contributed by atoms with E-state index < -0.39 is 18.5 Å². The lowest BCUT2D eigenvalue weighted by Gasteiger charge is -2.16. The van der Waals surface area contributed by atoms with Gasteiger partial charge in [0, 0.05) is 0 Å². The number of hydrogen-bond donors (Lipinski definition) is 1. The summed E-state index contributed by atoms with van der Waals surface area (Å²) in [6.07, 6.45) is 0. The molecule has 0 aliphatic carbocycles. The molecule has 0 heterocycles. The number of carbonyl (C=O) groups is 2. The first-order valence-corrected chi connectivity index (χ1v) is 9.14. The molecule has 0 aliphatic heterocycles. The van der Waals surface area contributed by atoms with Gasteiger partial charge in [0.05, 0.1) is 32.9 Å². The predicted molar refractivity (Wildman–Crippen MR) is 109 cm³/mol. The minimum Gasteiger partial charge on any atom is -0.493 e. The average molecular weight is 401 g/mol. The summed E-state index contributed by atoms with van der Waals surface area (Å²) in [5.74, 6) is -0.0421. The lowest BCUT2D eigenvalue weighted by Crippen LogP contribution is -2.31. The number of esters is 1. The van der Waals surface area contributed by atoms with E-state index in [2.05, 4.69) is 5.32 Å². The molecule has 7 heteroatoms. The van der Waals surface area contributed by atoms with Crippen LogP contribution in [0.1, 0.15) is 40.0 Å². The van der Waals surface area contributed by atoms with Gasteiger partial charge in [-0.2, -0.15) is 0 Å². The first-order valence-electron chi connectivity index (χ1n) is 9.14. The van der Waals surface area contributed by atoms with Gasteiger partial charge in [-0.25, -0.2) is 4.79 Å². The zero-order chi connectivity index (χ0) is 21.6. The van der Waals surface area contributed by atoms with Crippen molar-refractivity contribution < 1.29 is 28.5 Å². The zero-order valence-electron chi connectivity index (χ0n) is 17.6. The second-order valence-corrected chi connectivity index (χ2v) is 6.62. The highest BCUT2D eigenvalue weighted by molar-refractivity contribution is 5.92. The van der Waals surface area contributed by atoms with E-state index in [4.69, 9.17) is 18.9 Å². The van der Waals surface area contributed by atoms with Crippen LogP contribution in [0, 0.1) is 13.8 Å². The highest BCUT2D eigenvalue weighted by atomic mass is 16.5. The molecule has 2 rings (SSSR count). The molecule has 0 saturated heterocycles. The summed E-state index contributed by atoms with van der Waals surface area (Å²) in [7, 11) is 4.38. The summed E-state index contributed by atoms with van der Waals surface area (Å²) in [5, 5.41) is 2.83. The maximum absolute atomic E-state index is 12.4. The molecule has 2 aromatic rings. The van der Waals surface area contributed by atoms with Crippen molar-refractivity contribution in [3.8, 4) is 17.2 Å². The Bertz CT molecular complexity index is 868. The Hall–Kier alpha value is -3.22. The molecule has 0 saturated carbocycles. The maximum atomic E-state index is 12.4. The van der Waals surface area contributed by atoms with Crippen molar-refractivity contribution in [1.29, 1.82) is 0 Å². The van der Waals surface area contributed by atoms with Crippen molar-refractivity contribution in [1.82, 2.24) is 5.32 Å². The molecule has 0 radical (unpaired) electrons. The van der Waals surface area contributed by atoms with E-state index in [0.29, 0.717) is 17.2 Å². The molecule has 29 heavy (non-hydrogen) atoms. The van der Waals surface area contributed by atoms with Crippen LogP contribution in [0.25, 0.3) is 0 Å². The van der Waals surface area contributed by atoms with Gasteiger partial charge >= 0.3 is 5.97 Å². The third kappa shape index (κ3) is 5.40. The van der Waals surface area contributed by atoms with Crippen LogP contribution in [0.2, 0.25) is 0 Å². The lowest BCUT2D eigenvalue weighted by atomic mass is 10.0. The molecule has 0 fully saturated rings. The minimum absolute atomic E-state index is 0.189. The molecule has 1 N–H and O–H groups in total. The molecule has 2 aromatic carbocycles. The molecule has 0 aliphatic rings. The summed E-state index contributed by atoms with van der Waals surface area (Å²) in [6.45, 7) is 5.53. The summed E-state index contributed by atoms with van der Waals surface area (Å²) in [4.78, 5) is 24.6. The Morgan fingerprint density at radius 2 is 1.55 bits per heavy atom. The largest absolute Gasteiger partial charge is 0.493 e. The SMILES string of the molecule is COc1cc(C(=O)OCC(=O)N[C@@H](C)c2ccc(C)c(C)c2)cc(OC)c1OC. The van der Waals surface area contributed by atoms with E-state index in [0.717, 1.165) is 11.1 Å². The van der Waals surface area contributed by atoms with Crippen molar-refractivity contribution in [2.75, 3.05) is 27.9 Å². The first kappa shape index (κ1) is 22.1. The van der Waals surface area contributed by atoms with Crippen LogP contribution in [0.4, 0.5) is 0 Å². The Morgan fingerprint density at radius 3 is 2.07 bits per heavy atom. The van der Waals surface area contributed by atoms with E-state index in [1.54, 1.807) is 0 Å². The van der Waals surface area contributed by atoms with Crippen LogP contribution >= 0.6 is 0 Å². The minimum atomic E-state index is -0.668. The summed E-state index contributed by atoms with van der Waals surface area (Å²) in [6, 6.07) is 8.75. The van der Waals surface area contributed by atoms with Crippen molar-refractivity contribution in [2.24, 2.45) is 0 Å². The number of hydrogen-bond acceptors (Lipinski definition) is 6. The van der Waals surface area contributed by atoms with Crippen molar-refractivity contribution in [3.05, 3.63) is 52.6 Å². The van der Waals surface area contributed by atoms with Crippen LogP contribution in [-0.4, -0.2) is 39.8 Å². The monoisotopic (exact) mass is 401 g/mol. The number of methoxy groups -OCH3 is 3. The Labute approximate surface area is 170 Å². The number of aryl methyl sites for hydroxylation is 2. The van der Waals surface area contributed by atoms with E-state index >= 15 is 0 Å². The van der Waals surface area contributed by atoms with Gasteiger partial charge in [-0.05, 0) is 49.6 Å². The van der Waals surface area contributed by atoms with Crippen LogP contribution in [-0.2, 0) is 9.53 Å². The molecule has 1 amide bonds. The molecular weight excluding hydrogens is 374 g/mol. The molecule has 0 spiro atoms. The summed E-state index contributed by atoms with van der Waals surface area (Å²) < 4.78 is 20.8. The maximum Gasteiger partial charge on any atom is 0.338 e. The number of nitrogens with one attached hydrogen (secondary N) is 1. The second kappa shape index (κ2) is 9.82. The normalized spacial score (nSPS) is 11.4. The van der Waals surface area contributed by atoms with Gasteiger partial charge in [0.15, 0.2) is 18.1 Å². The standard InChI is InChI=1S/C22H27NO6/c1-13-7-8-16(9-14(13)2)15(3)23-20(24)12-29-22(25)17-10-18(26-4)21(28-6)19(11-17)27-5/h7-11,15H,12H2,1-6H3,(H,23,24)/t15-/m0/s1. The number of rotatable bonds is 8. The van der Waals surface area contributed by atoms with Crippen LogP contribution < -0.4 is 19.5 Å². The van der Waals surface area contributed by atoms with Crippen LogP contribution in [0.15, 0.2) is 30.3 Å². The fourth-order valence-electron chi connectivity index (χ4n) is 2.81. The van der Waals surface area contributed by atoms with Gasteiger partial charge in [-0.1, -0.05) is 18.2 Å². The molecule has 1 atom stereocenters. The fourth-order valence-corrected chi connectivity index (χ4v) is 2.81. The number of carbonyl (C=O) groups excluding carboxylic acids is 2. The summed E-state index contributed by atoms with van der Waals surface area (Å²) in [5.41, 5.74) is 3.51. The van der Waals surface area contributed by atoms with Gasteiger partial charge in [0.25, 0.3) is 5.91 Å². The molecule has 0 aromatic heterocycles. The van der Waals surface area contributed by atoms with Crippen LogP contribution in [0.5, 0.6) is 17.2 Å². The van der Waals surface area contributed by atoms with Gasteiger partial charge < -0.3 is 24.3 Å². The van der Waals surface area contributed by atoms with Crippen molar-refractivity contribution in [2.45, 2.75) is 26.8 Å². The Kier molecular flexibility index (Phi) is 7.47. The molecule has 7 nitrogen and oxygen atoms in total. The highest BCUT2D eigenvalue weighted by Gasteiger charge is 2.19. The van der Waals surface area contributed by atoms with Crippen LogP contribution in [0.3, 0.4) is 0 Å². The quantitative estimate of drug-likeness (QED) is 0.683. The van der Waals surface area contributed by atoms with Crippen molar-refractivity contribution in [3.63, 3.8) is 0 Å². The van der Waals surface area contributed by atoms with Crippen molar-refractivity contribution >= 4 is 11.9 Å². The number of amides is 1. The Balaban J connectivity index is 2.01. The predicted octanol–water partition coefficient (Wildman–Crippen LogP) is 3.36. The van der Waals surface area contributed by atoms with Gasteiger partial charge in [0.2, 0.25) is 5.75 Å². The van der Waals surface area contributed by atoms with Gasteiger partial charge in [0.1, 0.15) is 0 Å². The molecule has 156 valence electrons. The second-order valence-electron chi connectivity index (χ2n) is 6.62. The Morgan fingerprint density at radius 1 is 0.931 bits per heavy atom. The third-order valence-electron chi connectivity index (χ3n) is 4.64. The first-order chi connectivity index (χ1) is 13.8. The van der Waals surface area contributed by atoms with Gasteiger partial charge in [-0.3, -0.25) is 4.79 Å². The van der Waals surface area contributed by atoms with Gasteiger partial charge in [-0.15, -0.1) is 0 Å². The van der Waals surface area contributed by atoms with E-state index in [-0.39, 0.29) is 11.6 Å². The molecule has 0 bridgehead atoms. The number of benzene rings is 2. The topological polar surface area (TPSA) is 83.1 Å². The smallest absolute Gasteiger partial charge is 0.338 e. The van der Waals surface area contributed by atoms with E-state index in [1.165, 1.54) is 39.0 Å². The summed E-state index contributed by atoms with van der Waals surface area (Å²) >= 11 is 0. The molecule has 0 unspecified atom stereocenters. The average Bonchev–Trinajstić information content (AvgIpc) is 2.72. The lowest BCUT2D eigenvalue weighted by molar-refractivity contribution is -0.124. The van der Waals surface area contributed by atoms with E-state index in [9.17, 15) is 9.59 Å². The zero-order valence-corrected chi connectivity index (χ0v) is 17.6. The highest BCUT2D eigenvalue weighted by Crippen LogP contribution is 2.38. The molecular formula is C22H27NO6. The third-order valence-corrected chi connectivity index (χ3v) is 4.64. The van der Waals surface area contributed by atoms with E-state index in [1.807, 2.05) is 39.0 Å².